The summed E-state index contributed by atoms with van der Waals surface area (Å²) < 4.78 is 28.2. The van der Waals surface area contributed by atoms with E-state index in [0.717, 1.165) is 22.1 Å². The number of aryl methyl sites for hydroxylation is 1. The summed E-state index contributed by atoms with van der Waals surface area (Å²) in [5.41, 5.74) is 2.30. The molecule has 0 aliphatic carbocycles. The molecule has 5 nitrogen and oxygen atoms in total. The summed E-state index contributed by atoms with van der Waals surface area (Å²) in [6, 6.07) is 12.7. The van der Waals surface area contributed by atoms with Crippen LogP contribution in [0.2, 0.25) is 0 Å². The molecular formula is C19H21BrN2O3S. The van der Waals surface area contributed by atoms with Gasteiger partial charge in [0.15, 0.2) is 0 Å². The standard InChI is InChI=1S/C19H21BrN2O3S/c1-14-12-16(22-11-5-8-19(22)23)9-10-18(14)26(24,25)21(2)13-15-6-3-4-7-17(15)20/h3-4,6-7,9-10,12H,5,8,11,13H2,1-2H3. The number of halogens is 1. The van der Waals surface area contributed by atoms with E-state index in [1.54, 1.807) is 37.1 Å². The van der Waals surface area contributed by atoms with Gasteiger partial charge in [-0.05, 0) is 48.7 Å². The Morgan fingerprint density at radius 1 is 1.19 bits per heavy atom. The van der Waals surface area contributed by atoms with Gasteiger partial charge in [0.2, 0.25) is 15.9 Å². The number of nitrogens with zero attached hydrogens (tertiary/aromatic N) is 2. The van der Waals surface area contributed by atoms with Crippen molar-refractivity contribution in [2.24, 2.45) is 0 Å². The molecule has 0 bridgehead atoms. The molecule has 1 amide bonds. The predicted octanol–water partition coefficient (Wildman–Crippen LogP) is 3.71. The van der Waals surface area contributed by atoms with Crippen LogP contribution in [0.5, 0.6) is 0 Å². The Labute approximate surface area is 162 Å². The highest BCUT2D eigenvalue weighted by Gasteiger charge is 2.26. The SMILES string of the molecule is Cc1cc(N2CCCC2=O)ccc1S(=O)(=O)N(C)Cc1ccccc1Br. The van der Waals surface area contributed by atoms with Gasteiger partial charge in [-0.25, -0.2) is 8.42 Å². The summed E-state index contributed by atoms with van der Waals surface area (Å²) in [5.74, 6) is 0.0889. The van der Waals surface area contributed by atoms with E-state index in [9.17, 15) is 13.2 Å². The number of sulfonamides is 1. The molecule has 1 fully saturated rings. The molecule has 2 aromatic carbocycles. The second-order valence-electron chi connectivity index (χ2n) is 6.45. The molecule has 1 aliphatic heterocycles. The molecule has 0 aromatic heterocycles. The lowest BCUT2D eigenvalue weighted by Crippen LogP contribution is -2.28. The average Bonchev–Trinajstić information content (AvgIpc) is 3.02. The highest BCUT2D eigenvalue weighted by molar-refractivity contribution is 9.10. The molecule has 2 aromatic rings. The Balaban J connectivity index is 1.87. The molecule has 1 heterocycles. The maximum absolute atomic E-state index is 13.0. The van der Waals surface area contributed by atoms with Crippen LogP contribution in [-0.2, 0) is 21.4 Å². The van der Waals surface area contributed by atoms with E-state index >= 15 is 0 Å². The first-order valence-electron chi connectivity index (χ1n) is 8.41. The number of benzene rings is 2. The third kappa shape index (κ3) is 3.70. The van der Waals surface area contributed by atoms with Crippen LogP contribution in [0.25, 0.3) is 0 Å². The fourth-order valence-electron chi connectivity index (χ4n) is 3.13. The van der Waals surface area contributed by atoms with Gasteiger partial charge in [-0.1, -0.05) is 34.1 Å². The Hall–Kier alpha value is -1.70. The Morgan fingerprint density at radius 2 is 1.92 bits per heavy atom. The molecular weight excluding hydrogens is 416 g/mol. The van der Waals surface area contributed by atoms with Crippen molar-refractivity contribution >= 4 is 37.5 Å². The second-order valence-corrected chi connectivity index (χ2v) is 9.32. The Bertz CT molecular complexity index is 944. The van der Waals surface area contributed by atoms with Crippen molar-refractivity contribution in [3.8, 4) is 0 Å². The quantitative estimate of drug-likeness (QED) is 0.717. The molecule has 0 spiro atoms. The van der Waals surface area contributed by atoms with Gasteiger partial charge in [-0.3, -0.25) is 4.79 Å². The first-order valence-corrected chi connectivity index (χ1v) is 10.6. The topological polar surface area (TPSA) is 57.7 Å². The highest BCUT2D eigenvalue weighted by Crippen LogP contribution is 2.28. The minimum Gasteiger partial charge on any atom is -0.312 e. The lowest BCUT2D eigenvalue weighted by Gasteiger charge is -2.21. The number of amides is 1. The average molecular weight is 437 g/mol. The van der Waals surface area contributed by atoms with Gasteiger partial charge in [-0.2, -0.15) is 4.31 Å². The number of anilines is 1. The molecule has 1 aliphatic rings. The summed E-state index contributed by atoms with van der Waals surface area (Å²) in [6.45, 7) is 2.73. The lowest BCUT2D eigenvalue weighted by atomic mass is 10.2. The zero-order valence-corrected chi connectivity index (χ0v) is 17.2. The zero-order valence-electron chi connectivity index (χ0n) is 14.8. The van der Waals surface area contributed by atoms with Crippen LogP contribution in [0.4, 0.5) is 5.69 Å². The van der Waals surface area contributed by atoms with Gasteiger partial charge in [0.25, 0.3) is 0 Å². The number of carbonyl (C=O) groups excluding carboxylic acids is 1. The van der Waals surface area contributed by atoms with Crippen LogP contribution in [0.1, 0.15) is 24.0 Å². The first kappa shape index (κ1) is 19.1. The van der Waals surface area contributed by atoms with Gasteiger partial charge < -0.3 is 4.90 Å². The van der Waals surface area contributed by atoms with Crippen LogP contribution in [-0.4, -0.2) is 32.2 Å². The molecule has 138 valence electrons. The number of hydrogen-bond donors (Lipinski definition) is 0. The van der Waals surface area contributed by atoms with Crippen molar-refractivity contribution in [3.05, 3.63) is 58.1 Å². The van der Waals surface area contributed by atoms with E-state index < -0.39 is 10.0 Å². The molecule has 0 saturated carbocycles. The first-order chi connectivity index (χ1) is 12.3. The van der Waals surface area contributed by atoms with Crippen molar-refractivity contribution < 1.29 is 13.2 Å². The van der Waals surface area contributed by atoms with Crippen molar-refractivity contribution in [1.29, 1.82) is 0 Å². The summed E-state index contributed by atoms with van der Waals surface area (Å²) in [5, 5.41) is 0. The fourth-order valence-corrected chi connectivity index (χ4v) is 4.89. The third-order valence-corrected chi connectivity index (χ3v) is 7.32. The maximum Gasteiger partial charge on any atom is 0.243 e. The Morgan fingerprint density at radius 3 is 2.54 bits per heavy atom. The maximum atomic E-state index is 13.0. The van der Waals surface area contributed by atoms with E-state index in [4.69, 9.17) is 0 Å². The van der Waals surface area contributed by atoms with Gasteiger partial charge >= 0.3 is 0 Å². The van der Waals surface area contributed by atoms with Crippen LogP contribution >= 0.6 is 15.9 Å². The summed E-state index contributed by atoms with van der Waals surface area (Å²) in [7, 11) is -2.05. The van der Waals surface area contributed by atoms with E-state index in [0.29, 0.717) is 18.5 Å². The molecule has 1 saturated heterocycles. The number of rotatable bonds is 5. The number of hydrogen-bond acceptors (Lipinski definition) is 3. The summed E-state index contributed by atoms with van der Waals surface area (Å²) in [4.78, 5) is 13.9. The monoisotopic (exact) mass is 436 g/mol. The summed E-state index contributed by atoms with van der Waals surface area (Å²) >= 11 is 3.46. The summed E-state index contributed by atoms with van der Waals surface area (Å²) in [6.07, 6.45) is 1.39. The molecule has 3 rings (SSSR count). The van der Waals surface area contributed by atoms with E-state index in [2.05, 4.69) is 15.9 Å². The van der Waals surface area contributed by atoms with Crippen molar-refractivity contribution in [2.75, 3.05) is 18.5 Å². The molecule has 7 heteroatoms. The van der Waals surface area contributed by atoms with Crippen molar-refractivity contribution in [3.63, 3.8) is 0 Å². The van der Waals surface area contributed by atoms with Crippen molar-refractivity contribution in [2.45, 2.75) is 31.2 Å². The normalized spacial score (nSPS) is 15.1. The fraction of sp³-hybridized carbons (Fsp3) is 0.316. The second kappa shape index (κ2) is 7.50. The molecule has 0 radical (unpaired) electrons. The minimum absolute atomic E-state index is 0.0889. The van der Waals surface area contributed by atoms with E-state index in [-0.39, 0.29) is 17.3 Å². The van der Waals surface area contributed by atoms with Crippen LogP contribution in [0.15, 0.2) is 51.8 Å². The van der Waals surface area contributed by atoms with E-state index in [1.165, 1.54) is 4.31 Å². The molecule has 0 unspecified atom stereocenters. The van der Waals surface area contributed by atoms with Gasteiger partial charge in [0.05, 0.1) is 4.90 Å². The minimum atomic E-state index is -3.63. The van der Waals surface area contributed by atoms with E-state index in [1.807, 2.05) is 24.3 Å². The largest absolute Gasteiger partial charge is 0.312 e. The van der Waals surface area contributed by atoms with Gasteiger partial charge in [-0.15, -0.1) is 0 Å². The zero-order chi connectivity index (χ0) is 18.9. The Kier molecular flexibility index (Phi) is 5.50. The van der Waals surface area contributed by atoms with Crippen LogP contribution < -0.4 is 4.90 Å². The van der Waals surface area contributed by atoms with Crippen LogP contribution in [0, 0.1) is 6.92 Å². The molecule has 0 atom stereocenters. The molecule has 0 N–H and O–H groups in total. The number of carbonyl (C=O) groups is 1. The third-order valence-electron chi connectivity index (χ3n) is 4.58. The lowest BCUT2D eigenvalue weighted by molar-refractivity contribution is -0.117. The highest BCUT2D eigenvalue weighted by atomic mass is 79.9. The smallest absolute Gasteiger partial charge is 0.243 e. The van der Waals surface area contributed by atoms with Crippen molar-refractivity contribution in [1.82, 2.24) is 4.31 Å². The van der Waals surface area contributed by atoms with Gasteiger partial charge in [0, 0.05) is 36.7 Å². The van der Waals surface area contributed by atoms with Gasteiger partial charge in [0.1, 0.15) is 0 Å². The molecule has 26 heavy (non-hydrogen) atoms. The predicted molar refractivity (Wildman–Crippen MR) is 106 cm³/mol. The van der Waals surface area contributed by atoms with Crippen LogP contribution in [0.3, 0.4) is 0 Å².